The van der Waals surface area contributed by atoms with Gasteiger partial charge in [-0.05, 0) is 44.0 Å². The number of amides is 3. The third-order valence-electron chi connectivity index (χ3n) is 5.23. The number of anilines is 2. The van der Waals surface area contributed by atoms with Crippen LogP contribution in [0.15, 0.2) is 36.4 Å². The second kappa shape index (κ2) is 7.36. The highest BCUT2D eigenvalue weighted by molar-refractivity contribution is 7.17. The van der Waals surface area contributed by atoms with Crippen LogP contribution in [0.1, 0.15) is 45.5 Å². The van der Waals surface area contributed by atoms with Crippen molar-refractivity contribution in [1.29, 1.82) is 0 Å². The summed E-state index contributed by atoms with van der Waals surface area (Å²) in [4.78, 5) is 55.3. The summed E-state index contributed by atoms with van der Waals surface area (Å²) >= 11 is 1.13. The molecule has 1 N–H and O–H groups in total. The molecule has 29 heavy (non-hydrogen) atoms. The summed E-state index contributed by atoms with van der Waals surface area (Å²) in [6, 6.07) is 6.34. The highest BCUT2D eigenvalue weighted by atomic mass is 32.1. The largest absolute Gasteiger partial charge is 0.298 e. The van der Waals surface area contributed by atoms with Crippen molar-refractivity contribution in [3.05, 3.63) is 52.6 Å². The number of ketones is 1. The molecule has 1 saturated heterocycles. The maximum Gasteiger partial charge on any atom is 0.257 e. The molecule has 1 aliphatic heterocycles. The third kappa shape index (κ3) is 3.40. The maximum absolute atomic E-state index is 12.7. The summed E-state index contributed by atoms with van der Waals surface area (Å²) in [5.41, 5.74) is 1.41. The van der Waals surface area contributed by atoms with Crippen LogP contribution in [-0.4, -0.2) is 28.5 Å². The number of carbonyl (C=O) groups excluding carboxylic acids is 4. The van der Waals surface area contributed by atoms with E-state index >= 15 is 0 Å². The number of fused-ring (bicyclic) bond motifs is 1. The lowest BCUT2D eigenvalue weighted by Gasteiger charge is -2.15. The van der Waals surface area contributed by atoms with Gasteiger partial charge in [-0.2, -0.15) is 0 Å². The maximum atomic E-state index is 12.7. The number of Topliss-reactive ketones (excluding diaryl/α,β-unsaturated/α-hetero) is 1. The average molecular weight is 409 g/mol. The zero-order valence-electron chi connectivity index (χ0n) is 16.0. The molecule has 7 nitrogen and oxygen atoms in total. The molecule has 2 aromatic rings. The lowest BCUT2D eigenvalue weighted by molar-refractivity contribution is -0.122. The van der Waals surface area contributed by atoms with E-state index in [2.05, 4.69) is 10.3 Å². The first-order valence-corrected chi connectivity index (χ1v) is 10.1. The summed E-state index contributed by atoms with van der Waals surface area (Å²) < 4.78 is 0. The number of nitrogens with zero attached hydrogens (tertiary/aromatic N) is 2. The van der Waals surface area contributed by atoms with Crippen molar-refractivity contribution in [1.82, 2.24) is 4.98 Å². The number of hydrogen-bond acceptors (Lipinski definition) is 6. The Morgan fingerprint density at radius 2 is 1.66 bits per heavy atom. The van der Waals surface area contributed by atoms with Crippen LogP contribution in [0.5, 0.6) is 0 Å². The van der Waals surface area contributed by atoms with Crippen molar-refractivity contribution < 1.29 is 19.2 Å². The Bertz CT molecular complexity index is 1030. The minimum Gasteiger partial charge on any atom is -0.298 e. The molecule has 3 amide bonds. The highest BCUT2D eigenvalue weighted by Gasteiger charge is 2.47. The van der Waals surface area contributed by atoms with Crippen LogP contribution in [0.25, 0.3) is 0 Å². The van der Waals surface area contributed by atoms with E-state index in [0.29, 0.717) is 39.8 Å². The van der Waals surface area contributed by atoms with Gasteiger partial charge in [-0.25, -0.2) is 4.98 Å². The predicted octanol–water partition coefficient (Wildman–Crippen LogP) is 3.36. The molecule has 0 bridgehead atoms. The predicted molar refractivity (Wildman–Crippen MR) is 109 cm³/mol. The minimum absolute atomic E-state index is 0.0967. The molecule has 2 heterocycles. The van der Waals surface area contributed by atoms with Gasteiger partial charge in [0.15, 0.2) is 10.9 Å². The van der Waals surface area contributed by atoms with Crippen molar-refractivity contribution in [2.45, 2.75) is 26.7 Å². The minimum atomic E-state index is -0.377. The Morgan fingerprint density at radius 1 is 1.07 bits per heavy atom. The van der Waals surface area contributed by atoms with Gasteiger partial charge < -0.3 is 0 Å². The number of hydrogen-bond donors (Lipinski definition) is 1. The molecule has 2 unspecified atom stereocenters. The quantitative estimate of drug-likeness (QED) is 0.474. The number of thiazole rings is 1. The van der Waals surface area contributed by atoms with Gasteiger partial charge in [0.1, 0.15) is 0 Å². The molecule has 1 aromatic heterocycles. The fraction of sp³-hybridized carbons (Fsp3) is 0.286. The first kappa shape index (κ1) is 19.2. The smallest absolute Gasteiger partial charge is 0.257 e. The molecule has 4 rings (SSSR count). The molecule has 0 spiro atoms. The number of aryl methyl sites for hydroxylation is 1. The Kier molecular flexibility index (Phi) is 4.87. The Balaban J connectivity index is 1.50. The summed E-state index contributed by atoms with van der Waals surface area (Å²) in [6.07, 6.45) is 5.06. The molecule has 1 fully saturated rings. The third-order valence-corrected chi connectivity index (χ3v) is 6.41. The molecular weight excluding hydrogens is 390 g/mol. The van der Waals surface area contributed by atoms with Gasteiger partial charge in [-0.3, -0.25) is 29.4 Å². The summed E-state index contributed by atoms with van der Waals surface area (Å²) in [5.74, 6) is -1.43. The van der Waals surface area contributed by atoms with Gasteiger partial charge >= 0.3 is 0 Å². The zero-order chi connectivity index (χ0) is 20.7. The standard InChI is InChI=1S/C21H19N3O4S/c1-11-17(12(2)25)29-21(22-11)23-18(26)13-7-9-14(10-8-13)24-19(27)15-5-3-4-6-16(15)20(24)28/h3-4,7-10,15-16H,5-6H2,1-2H3,(H,22,23,26). The summed E-state index contributed by atoms with van der Waals surface area (Å²) in [5, 5.41) is 3.03. The molecule has 0 radical (unpaired) electrons. The van der Waals surface area contributed by atoms with Crippen molar-refractivity contribution in [2.24, 2.45) is 11.8 Å². The van der Waals surface area contributed by atoms with Crippen LogP contribution in [0.2, 0.25) is 0 Å². The second-order valence-corrected chi connectivity index (χ2v) is 8.16. The lowest BCUT2D eigenvalue weighted by Crippen LogP contribution is -2.30. The molecule has 2 aliphatic rings. The van der Waals surface area contributed by atoms with Crippen molar-refractivity contribution in [3.63, 3.8) is 0 Å². The van der Waals surface area contributed by atoms with E-state index in [9.17, 15) is 19.2 Å². The van der Waals surface area contributed by atoms with Gasteiger partial charge in [0, 0.05) is 12.5 Å². The van der Waals surface area contributed by atoms with Gasteiger partial charge in [-0.1, -0.05) is 23.5 Å². The Morgan fingerprint density at radius 3 is 2.17 bits per heavy atom. The molecule has 1 aliphatic carbocycles. The number of imide groups is 1. The fourth-order valence-corrected chi connectivity index (χ4v) is 4.62. The monoisotopic (exact) mass is 409 g/mol. The summed E-state index contributed by atoms with van der Waals surface area (Å²) in [7, 11) is 0. The van der Waals surface area contributed by atoms with Gasteiger partial charge in [-0.15, -0.1) is 0 Å². The van der Waals surface area contributed by atoms with E-state index in [1.54, 1.807) is 31.2 Å². The fourth-order valence-electron chi connectivity index (χ4n) is 3.76. The number of benzene rings is 1. The van der Waals surface area contributed by atoms with Crippen LogP contribution in [-0.2, 0) is 9.59 Å². The normalized spacial score (nSPS) is 20.7. The van der Waals surface area contributed by atoms with Gasteiger partial charge in [0.2, 0.25) is 11.8 Å². The molecule has 2 atom stereocenters. The molecule has 8 heteroatoms. The number of aromatic nitrogens is 1. The van der Waals surface area contributed by atoms with Crippen molar-refractivity contribution >= 4 is 45.7 Å². The SMILES string of the molecule is CC(=O)c1sc(NC(=O)c2ccc(N3C(=O)C4CC=CCC4C3=O)cc2)nc1C. The van der Waals surface area contributed by atoms with Crippen LogP contribution in [0.3, 0.4) is 0 Å². The zero-order valence-corrected chi connectivity index (χ0v) is 16.8. The van der Waals surface area contributed by atoms with Crippen LogP contribution < -0.4 is 10.2 Å². The number of nitrogens with one attached hydrogen (secondary N) is 1. The number of allylic oxidation sites excluding steroid dienone is 2. The van der Waals surface area contributed by atoms with Crippen LogP contribution in [0, 0.1) is 18.8 Å². The summed E-state index contributed by atoms with van der Waals surface area (Å²) in [6.45, 7) is 3.17. The van der Waals surface area contributed by atoms with E-state index in [1.165, 1.54) is 11.8 Å². The van der Waals surface area contributed by atoms with Gasteiger partial charge in [0.25, 0.3) is 5.91 Å². The van der Waals surface area contributed by atoms with Crippen LogP contribution >= 0.6 is 11.3 Å². The van der Waals surface area contributed by atoms with Crippen LogP contribution in [0.4, 0.5) is 10.8 Å². The van der Waals surface area contributed by atoms with E-state index in [1.807, 2.05) is 12.2 Å². The second-order valence-electron chi connectivity index (χ2n) is 7.16. The first-order chi connectivity index (χ1) is 13.9. The van der Waals surface area contributed by atoms with E-state index in [-0.39, 0.29) is 35.3 Å². The number of carbonyl (C=O) groups is 4. The van der Waals surface area contributed by atoms with E-state index in [4.69, 9.17) is 0 Å². The van der Waals surface area contributed by atoms with Crippen molar-refractivity contribution in [3.8, 4) is 0 Å². The van der Waals surface area contributed by atoms with E-state index < -0.39 is 0 Å². The first-order valence-electron chi connectivity index (χ1n) is 9.29. The topological polar surface area (TPSA) is 96.4 Å². The molecule has 148 valence electrons. The lowest BCUT2D eigenvalue weighted by atomic mass is 9.85. The highest BCUT2D eigenvalue weighted by Crippen LogP contribution is 2.37. The molecule has 1 aromatic carbocycles. The Labute approximate surface area is 171 Å². The van der Waals surface area contributed by atoms with Gasteiger partial charge in [0.05, 0.1) is 28.1 Å². The van der Waals surface area contributed by atoms with E-state index in [0.717, 1.165) is 11.3 Å². The van der Waals surface area contributed by atoms with Crippen molar-refractivity contribution in [2.75, 3.05) is 10.2 Å². The average Bonchev–Trinajstić information content (AvgIpc) is 3.20. The molecular formula is C21H19N3O4S. The molecule has 0 saturated carbocycles. The Hall–Kier alpha value is -3.13. The number of rotatable bonds is 4.